The summed E-state index contributed by atoms with van der Waals surface area (Å²) in [6, 6.07) is 14.4. The van der Waals surface area contributed by atoms with Gasteiger partial charge in [0.1, 0.15) is 5.82 Å². The Balaban J connectivity index is 1.46. The topological polar surface area (TPSA) is 38.1 Å². The third-order valence-electron chi connectivity index (χ3n) is 4.88. The molecular weight excluding hydrogens is 341 g/mol. The number of nitrogens with zero attached hydrogens (tertiary/aromatic N) is 3. The van der Waals surface area contributed by atoms with Gasteiger partial charge in [0.2, 0.25) is 5.91 Å². The van der Waals surface area contributed by atoms with Crippen LogP contribution < -0.4 is 0 Å². The summed E-state index contributed by atoms with van der Waals surface area (Å²) in [5.74, 6) is -0.305. The Morgan fingerprint density at radius 1 is 1.19 bits per heavy atom. The maximum absolute atomic E-state index is 13.5. The van der Waals surface area contributed by atoms with Gasteiger partial charge in [-0.15, -0.1) is 0 Å². The minimum atomic E-state index is -0.264. The van der Waals surface area contributed by atoms with Crippen LogP contribution in [0.25, 0.3) is 11.8 Å². The van der Waals surface area contributed by atoms with Crippen molar-refractivity contribution < 1.29 is 9.18 Å². The molecule has 1 amide bonds. The van der Waals surface area contributed by atoms with E-state index in [0.717, 1.165) is 29.7 Å². The van der Waals surface area contributed by atoms with Gasteiger partial charge >= 0.3 is 0 Å². The number of hydrogen-bond donors (Lipinski definition) is 0. The van der Waals surface area contributed by atoms with Crippen molar-refractivity contribution in [3.05, 3.63) is 90.3 Å². The van der Waals surface area contributed by atoms with E-state index in [2.05, 4.69) is 4.98 Å². The fourth-order valence-electron chi connectivity index (χ4n) is 3.52. The van der Waals surface area contributed by atoms with Crippen molar-refractivity contribution in [1.29, 1.82) is 0 Å². The lowest BCUT2D eigenvalue weighted by molar-refractivity contribution is -0.126. The number of amides is 1. The number of hydrogen-bond acceptors (Lipinski definition) is 2. The molecule has 0 aliphatic carbocycles. The van der Waals surface area contributed by atoms with Crippen molar-refractivity contribution in [1.82, 2.24) is 14.5 Å². The standard InChI is InChI=1S/C22H20FN3O/c23-19-4-1-3-18(15-19)21-5-2-13-26(21)22(27)11-8-17-6-9-20(10-7-17)25-14-12-24-16-25/h1,3-4,6-12,14-16,21H,2,5,13H2/b11-8-/t21-/m0/s1. The summed E-state index contributed by atoms with van der Waals surface area (Å²) in [7, 11) is 0. The number of aromatic nitrogens is 2. The van der Waals surface area contributed by atoms with Gasteiger partial charge in [0.25, 0.3) is 0 Å². The van der Waals surface area contributed by atoms with Crippen molar-refractivity contribution in [2.45, 2.75) is 18.9 Å². The van der Waals surface area contributed by atoms with E-state index in [-0.39, 0.29) is 17.8 Å². The van der Waals surface area contributed by atoms with E-state index in [1.54, 1.807) is 24.7 Å². The summed E-state index contributed by atoms with van der Waals surface area (Å²) in [6.45, 7) is 0.698. The molecule has 0 radical (unpaired) electrons. The van der Waals surface area contributed by atoms with E-state index in [1.165, 1.54) is 12.1 Å². The largest absolute Gasteiger partial charge is 0.332 e. The van der Waals surface area contributed by atoms with Gasteiger partial charge in [-0.25, -0.2) is 9.37 Å². The van der Waals surface area contributed by atoms with Crippen LogP contribution in [0, 0.1) is 5.82 Å². The molecule has 2 aromatic carbocycles. The molecule has 0 bridgehead atoms. The summed E-state index contributed by atoms with van der Waals surface area (Å²) in [5, 5.41) is 0. The lowest BCUT2D eigenvalue weighted by Crippen LogP contribution is -2.28. The maximum atomic E-state index is 13.5. The SMILES string of the molecule is O=C(/C=C\c1ccc(-n2ccnc2)cc1)N1CCC[C@H]1c1cccc(F)c1. The fourth-order valence-corrected chi connectivity index (χ4v) is 3.52. The second-order valence-corrected chi connectivity index (χ2v) is 6.64. The maximum Gasteiger partial charge on any atom is 0.247 e. The van der Waals surface area contributed by atoms with Crippen molar-refractivity contribution >= 4 is 12.0 Å². The first kappa shape index (κ1) is 17.2. The van der Waals surface area contributed by atoms with Crippen LogP contribution in [0.4, 0.5) is 4.39 Å². The summed E-state index contributed by atoms with van der Waals surface area (Å²) < 4.78 is 15.5. The molecule has 1 saturated heterocycles. The Morgan fingerprint density at radius 2 is 2.04 bits per heavy atom. The van der Waals surface area contributed by atoms with Gasteiger partial charge in [-0.3, -0.25) is 4.79 Å². The van der Waals surface area contributed by atoms with Gasteiger partial charge in [0, 0.05) is 30.7 Å². The zero-order chi connectivity index (χ0) is 18.6. The lowest BCUT2D eigenvalue weighted by atomic mass is 10.0. The van der Waals surface area contributed by atoms with Gasteiger partial charge in [0.15, 0.2) is 0 Å². The van der Waals surface area contributed by atoms with Crippen LogP contribution in [-0.2, 0) is 4.79 Å². The predicted molar refractivity (Wildman–Crippen MR) is 103 cm³/mol. The van der Waals surface area contributed by atoms with E-state index in [0.29, 0.717) is 6.54 Å². The fraction of sp³-hybridized carbons (Fsp3) is 0.182. The molecule has 27 heavy (non-hydrogen) atoms. The smallest absolute Gasteiger partial charge is 0.247 e. The summed E-state index contributed by atoms with van der Waals surface area (Å²) in [6.07, 6.45) is 10.6. The van der Waals surface area contributed by atoms with Crippen LogP contribution in [0.2, 0.25) is 0 Å². The zero-order valence-electron chi connectivity index (χ0n) is 14.8. The highest BCUT2D eigenvalue weighted by molar-refractivity contribution is 5.92. The van der Waals surface area contributed by atoms with Gasteiger partial charge in [-0.2, -0.15) is 0 Å². The van der Waals surface area contributed by atoms with Crippen molar-refractivity contribution in [3.63, 3.8) is 0 Å². The molecule has 3 aromatic rings. The summed E-state index contributed by atoms with van der Waals surface area (Å²) >= 11 is 0. The van der Waals surface area contributed by atoms with Crippen LogP contribution in [0.1, 0.15) is 30.0 Å². The Kier molecular flexibility index (Phi) is 4.83. The Hall–Kier alpha value is -3.21. The molecule has 1 fully saturated rings. The first-order chi connectivity index (χ1) is 13.2. The van der Waals surface area contributed by atoms with Crippen LogP contribution in [0.5, 0.6) is 0 Å². The van der Waals surface area contributed by atoms with E-state index in [9.17, 15) is 9.18 Å². The number of likely N-dealkylation sites (tertiary alicyclic amines) is 1. The quantitative estimate of drug-likeness (QED) is 0.647. The Bertz CT molecular complexity index is 948. The van der Waals surface area contributed by atoms with Crippen molar-refractivity contribution in [2.75, 3.05) is 6.54 Å². The average Bonchev–Trinajstić information content (AvgIpc) is 3.38. The van der Waals surface area contributed by atoms with E-state index < -0.39 is 0 Å². The van der Waals surface area contributed by atoms with Gasteiger partial charge < -0.3 is 9.47 Å². The molecule has 1 atom stereocenters. The normalized spacial score (nSPS) is 16.9. The highest BCUT2D eigenvalue weighted by atomic mass is 19.1. The summed E-state index contributed by atoms with van der Waals surface area (Å²) in [5.41, 5.74) is 2.83. The molecule has 0 unspecified atom stereocenters. The molecule has 4 rings (SSSR count). The first-order valence-corrected chi connectivity index (χ1v) is 9.03. The number of carbonyl (C=O) groups excluding carboxylic acids is 1. The van der Waals surface area contributed by atoms with E-state index in [4.69, 9.17) is 0 Å². The third-order valence-corrected chi connectivity index (χ3v) is 4.88. The minimum Gasteiger partial charge on any atom is -0.332 e. The van der Waals surface area contributed by atoms with Gasteiger partial charge in [-0.1, -0.05) is 24.3 Å². The minimum absolute atomic E-state index is 0.0413. The molecule has 2 heterocycles. The van der Waals surface area contributed by atoms with Crippen LogP contribution in [0.3, 0.4) is 0 Å². The monoisotopic (exact) mass is 361 g/mol. The number of benzene rings is 2. The third kappa shape index (κ3) is 3.82. The molecule has 1 aromatic heterocycles. The molecule has 0 N–H and O–H groups in total. The number of halogens is 1. The van der Waals surface area contributed by atoms with E-state index >= 15 is 0 Å². The molecule has 4 nitrogen and oxygen atoms in total. The second-order valence-electron chi connectivity index (χ2n) is 6.64. The molecule has 136 valence electrons. The Labute approximate surface area is 157 Å². The molecule has 0 saturated carbocycles. The van der Waals surface area contributed by atoms with Crippen LogP contribution >= 0.6 is 0 Å². The molecule has 0 spiro atoms. The molecule has 1 aliphatic heterocycles. The zero-order valence-corrected chi connectivity index (χ0v) is 14.8. The van der Waals surface area contributed by atoms with Crippen LogP contribution in [-0.4, -0.2) is 26.9 Å². The number of carbonyl (C=O) groups is 1. The predicted octanol–water partition coefficient (Wildman–Crippen LogP) is 4.39. The number of imidazole rings is 1. The van der Waals surface area contributed by atoms with Crippen molar-refractivity contribution in [2.24, 2.45) is 0 Å². The Morgan fingerprint density at radius 3 is 2.78 bits per heavy atom. The van der Waals surface area contributed by atoms with Gasteiger partial charge in [-0.05, 0) is 54.3 Å². The number of rotatable bonds is 4. The highest BCUT2D eigenvalue weighted by Gasteiger charge is 2.28. The van der Waals surface area contributed by atoms with Gasteiger partial charge in [0.05, 0.1) is 12.4 Å². The van der Waals surface area contributed by atoms with E-state index in [1.807, 2.05) is 52.1 Å². The lowest BCUT2D eigenvalue weighted by Gasteiger charge is -2.24. The molecular formula is C22H20FN3O. The average molecular weight is 361 g/mol. The summed E-state index contributed by atoms with van der Waals surface area (Å²) in [4.78, 5) is 18.5. The van der Waals surface area contributed by atoms with Crippen molar-refractivity contribution in [3.8, 4) is 5.69 Å². The van der Waals surface area contributed by atoms with Crippen LogP contribution in [0.15, 0.2) is 73.3 Å². The molecule has 5 heteroatoms. The molecule has 1 aliphatic rings. The highest BCUT2D eigenvalue weighted by Crippen LogP contribution is 2.32. The first-order valence-electron chi connectivity index (χ1n) is 9.03. The second kappa shape index (κ2) is 7.58.